The molecular formula is C19H23N3O. The average molecular weight is 309 g/mol. The predicted octanol–water partition coefficient (Wildman–Crippen LogP) is 3.52. The third kappa shape index (κ3) is 3.36. The van der Waals surface area contributed by atoms with Crippen molar-refractivity contribution in [3.8, 4) is 0 Å². The molecular weight excluding hydrogens is 286 g/mol. The lowest BCUT2D eigenvalue weighted by atomic mass is 9.96. The largest absolute Gasteiger partial charge is 0.337 e. The SMILES string of the molecule is C[C@H](c1ccncc1)N(C)C(=O)NCC1(c2ccccc2)CC1. The number of nitrogens with one attached hydrogen (secondary N) is 1. The van der Waals surface area contributed by atoms with Crippen molar-refractivity contribution in [1.82, 2.24) is 15.2 Å². The van der Waals surface area contributed by atoms with Crippen LogP contribution >= 0.6 is 0 Å². The van der Waals surface area contributed by atoms with Gasteiger partial charge in [-0.15, -0.1) is 0 Å². The molecule has 0 unspecified atom stereocenters. The molecule has 2 aromatic rings. The van der Waals surface area contributed by atoms with Crippen LogP contribution in [0.2, 0.25) is 0 Å². The Kier molecular flexibility index (Phi) is 4.33. The maximum atomic E-state index is 12.5. The van der Waals surface area contributed by atoms with E-state index in [1.165, 1.54) is 5.56 Å². The summed E-state index contributed by atoms with van der Waals surface area (Å²) >= 11 is 0. The van der Waals surface area contributed by atoms with Crippen molar-refractivity contribution in [2.24, 2.45) is 0 Å². The summed E-state index contributed by atoms with van der Waals surface area (Å²) in [5.41, 5.74) is 2.55. The molecule has 2 amide bonds. The van der Waals surface area contributed by atoms with E-state index in [0.717, 1.165) is 18.4 Å². The van der Waals surface area contributed by atoms with Gasteiger partial charge in [-0.3, -0.25) is 4.98 Å². The van der Waals surface area contributed by atoms with Crippen molar-refractivity contribution in [3.63, 3.8) is 0 Å². The molecule has 1 atom stereocenters. The minimum atomic E-state index is -0.0310. The fourth-order valence-electron chi connectivity index (χ4n) is 2.92. The second-order valence-electron chi connectivity index (χ2n) is 6.37. The van der Waals surface area contributed by atoms with Gasteiger partial charge < -0.3 is 10.2 Å². The van der Waals surface area contributed by atoms with Crippen molar-refractivity contribution in [2.45, 2.75) is 31.2 Å². The summed E-state index contributed by atoms with van der Waals surface area (Å²) in [5, 5.41) is 3.11. The van der Waals surface area contributed by atoms with E-state index in [9.17, 15) is 4.79 Å². The van der Waals surface area contributed by atoms with E-state index in [0.29, 0.717) is 6.54 Å². The molecule has 120 valence electrons. The Bertz CT molecular complexity index is 653. The molecule has 0 spiro atoms. The van der Waals surface area contributed by atoms with E-state index >= 15 is 0 Å². The number of pyridine rings is 1. The van der Waals surface area contributed by atoms with Crippen molar-refractivity contribution < 1.29 is 4.79 Å². The number of benzene rings is 1. The molecule has 4 heteroatoms. The molecule has 1 N–H and O–H groups in total. The molecule has 1 fully saturated rings. The van der Waals surface area contributed by atoms with Gasteiger partial charge in [0.05, 0.1) is 6.04 Å². The van der Waals surface area contributed by atoms with Crippen molar-refractivity contribution in [2.75, 3.05) is 13.6 Å². The van der Waals surface area contributed by atoms with Gasteiger partial charge in [-0.2, -0.15) is 0 Å². The van der Waals surface area contributed by atoms with Crippen LogP contribution in [0.4, 0.5) is 4.79 Å². The van der Waals surface area contributed by atoms with Crippen LogP contribution in [-0.4, -0.2) is 29.5 Å². The zero-order chi connectivity index (χ0) is 16.3. The molecule has 0 radical (unpaired) electrons. The first kappa shape index (κ1) is 15.5. The van der Waals surface area contributed by atoms with E-state index in [4.69, 9.17) is 0 Å². The number of hydrogen-bond donors (Lipinski definition) is 1. The van der Waals surface area contributed by atoms with Gasteiger partial charge in [0.1, 0.15) is 0 Å². The predicted molar refractivity (Wildman–Crippen MR) is 91.2 cm³/mol. The molecule has 1 aromatic carbocycles. The first-order valence-electron chi connectivity index (χ1n) is 8.08. The molecule has 0 bridgehead atoms. The van der Waals surface area contributed by atoms with Crippen molar-refractivity contribution >= 4 is 6.03 Å². The smallest absolute Gasteiger partial charge is 0.317 e. The van der Waals surface area contributed by atoms with Gasteiger partial charge in [0.15, 0.2) is 0 Å². The molecule has 1 saturated carbocycles. The highest BCUT2D eigenvalue weighted by atomic mass is 16.2. The number of carbonyl (C=O) groups is 1. The second kappa shape index (κ2) is 6.41. The molecule has 1 aromatic heterocycles. The first-order valence-corrected chi connectivity index (χ1v) is 8.08. The van der Waals surface area contributed by atoms with Gasteiger partial charge in [-0.1, -0.05) is 30.3 Å². The van der Waals surface area contributed by atoms with Crippen LogP contribution in [0.5, 0.6) is 0 Å². The summed E-state index contributed by atoms with van der Waals surface area (Å²) in [6.07, 6.45) is 5.79. The Morgan fingerprint density at radius 1 is 1.22 bits per heavy atom. The zero-order valence-electron chi connectivity index (χ0n) is 13.7. The molecule has 23 heavy (non-hydrogen) atoms. The van der Waals surface area contributed by atoms with Gasteiger partial charge in [-0.05, 0) is 43.0 Å². The minimum Gasteiger partial charge on any atom is -0.337 e. The molecule has 0 saturated heterocycles. The first-order chi connectivity index (χ1) is 11.1. The van der Waals surface area contributed by atoms with Crippen molar-refractivity contribution in [1.29, 1.82) is 0 Å². The highest BCUT2D eigenvalue weighted by Gasteiger charge is 2.44. The van der Waals surface area contributed by atoms with Gasteiger partial charge >= 0.3 is 6.03 Å². The number of aromatic nitrogens is 1. The average Bonchev–Trinajstić information content (AvgIpc) is 3.41. The Morgan fingerprint density at radius 3 is 2.48 bits per heavy atom. The van der Waals surface area contributed by atoms with Gasteiger partial charge in [0, 0.05) is 31.4 Å². The molecule has 1 aliphatic rings. The van der Waals surface area contributed by atoms with Crippen LogP contribution < -0.4 is 5.32 Å². The Balaban J connectivity index is 1.59. The maximum absolute atomic E-state index is 12.5. The monoisotopic (exact) mass is 309 g/mol. The molecule has 3 rings (SSSR count). The highest BCUT2D eigenvalue weighted by molar-refractivity contribution is 5.74. The maximum Gasteiger partial charge on any atom is 0.317 e. The standard InChI is InChI=1S/C19H23N3O/c1-15(16-8-12-20-13-9-16)22(2)18(23)21-14-19(10-11-19)17-6-4-3-5-7-17/h3-9,12-13,15H,10-11,14H2,1-2H3,(H,21,23)/t15-/m1/s1. The lowest BCUT2D eigenvalue weighted by Gasteiger charge is -2.27. The van der Waals surface area contributed by atoms with Gasteiger partial charge in [0.2, 0.25) is 0 Å². The van der Waals surface area contributed by atoms with E-state index < -0.39 is 0 Å². The molecule has 1 aliphatic carbocycles. The topological polar surface area (TPSA) is 45.2 Å². The number of rotatable bonds is 5. The summed E-state index contributed by atoms with van der Waals surface area (Å²) in [5.74, 6) is 0. The van der Waals surface area contributed by atoms with Gasteiger partial charge in [0.25, 0.3) is 0 Å². The number of hydrogen-bond acceptors (Lipinski definition) is 2. The number of carbonyl (C=O) groups excluding carboxylic acids is 1. The molecule has 4 nitrogen and oxygen atoms in total. The summed E-state index contributed by atoms with van der Waals surface area (Å²) in [6, 6.07) is 14.3. The second-order valence-corrected chi connectivity index (χ2v) is 6.37. The van der Waals surface area contributed by atoms with E-state index in [2.05, 4.69) is 34.6 Å². The van der Waals surface area contributed by atoms with Crippen molar-refractivity contribution in [3.05, 3.63) is 66.0 Å². The molecule has 0 aliphatic heterocycles. The van der Waals surface area contributed by atoms with Crippen LogP contribution in [0.15, 0.2) is 54.9 Å². The third-order valence-corrected chi connectivity index (χ3v) is 4.91. The van der Waals surface area contributed by atoms with Gasteiger partial charge in [-0.25, -0.2) is 4.79 Å². The Hall–Kier alpha value is -2.36. The fourth-order valence-corrected chi connectivity index (χ4v) is 2.92. The van der Waals surface area contributed by atoms with Crippen LogP contribution in [0.3, 0.4) is 0 Å². The summed E-state index contributed by atoms with van der Waals surface area (Å²) in [7, 11) is 1.84. The lowest BCUT2D eigenvalue weighted by molar-refractivity contribution is 0.193. The van der Waals surface area contributed by atoms with E-state index in [1.54, 1.807) is 17.3 Å². The van der Waals surface area contributed by atoms with Crippen LogP contribution in [0.1, 0.15) is 36.9 Å². The fraction of sp³-hybridized carbons (Fsp3) is 0.368. The third-order valence-electron chi connectivity index (χ3n) is 4.91. The Labute approximate surface area is 137 Å². The quantitative estimate of drug-likeness (QED) is 0.918. The lowest BCUT2D eigenvalue weighted by Crippen LogP contribution is -2.42. The number of nitrogens with zero attached hydrogens (tertiary/aromatic N) is 2. The van der Waals surface area contributed by atoms with Crippen LogP contribution in [-0.2, 0) is 5.41 Å². The summed E-state index contributed by atoms with van der Waals surface area (Å²) < 4.78 is 0. The van der Waals surface area contributed by atoms with E-state index in [-0.39, 0.29) is 17.5 Å². The van der Waals surface area contributed by atoms with E-state index in [1.807, 2.05) is 32.2 Å². The number of amides is 2. The summed E-state index contributed by atoms with van der Waals surface area (Å²) in [4.78, 5) is 18.2. The van der Waals surface area contributed by atoms with Crippen LogP contribution in [0, 0.1) is 0 Å². The Morgan fingerprint density at radius 2 is 1.87 bits per heavy atom. The summed E-state index contributed by atoms with van der Waals surface area (Å²) in [6.45, 7) is 2.72. The highest BCUT2D eigenvalue weighted by Crippen LogP contribution is 2.47. The van der Waals surface area contributed by atoms with Crippen LogP contribution in [0.25, 0.3) is 0 Å². The number of urea groups is 1. The normalized spacial score (nSPS) is 16.4. The molecule has 1 heterocycles. The minimum absolute atomic E-state index is 0.0184. The zero-order valence-corrected chi connectivity index (χ0v) is 13.7.